The van der Waals surface area contributed by atoms with E-state index in [2.05, 4.69) is 10.5 Å². The largest absolute Gasteiger partial charge is 0.390 e. The lowest BCUT2D eigenvalue weighted by Crippen LogP contribution is -2.45. The molecule has 148 valence electrons. The highest BCUT2D eigenvalue weighted by molar-refractivity contribution is 7.17. The Hall–Kier alpha value is -2.13. The van der Waals surface area contributed by atoms with Crippen LogP contribution in [0.4, 0.5) is 5.69 Å². The number of rotatable bonds is 5. The van der Waals surface area contributed by atoms with Gasteiger partial charge in [0.1, 0.15) is 6.10 Å². The van der Waals surface area contributed by atoms with Crippen molar-refractivity contribution in [3.05, 3.63) is 51.2 Å². The molecule has 2 aliphatic rings. The van der Waals surface area contributed by atoms with Gasteiger partial charge < -0.3 is 24.9 Å². The highest BCUT2D eigenvalue weighted by atomic mass is 35.5. The van der Waals surface area contributed by atoms with Crippen molar-refractivity contribution in [2.75, 3.05) is 31.2 Å². The van der Waals surface area contributed by atoms with Crippen LogP contribution in [0, 0.1) is 0 Å². The normalized spacial score (nSPS) is 21.9. The summed E-state index contributed by atoms with van der Waals surface area (Å²) >= 11 is 7.10. The number of thiophene rings is 1. The first kappa shape index (κ1) is 19.2. The van der Waals surface area contributed by atoms with Crippen molar-refractivity contribution in [3.8, 4) is 0 Å². The number of nitrogens with zero attached hydrogens (tertiary/aromatic N) is 2. The van der Waals surface area contributed by atoms with Gasteiger partial charge in [-0.05, 0) is 29.8 Å². The molecule has 1 aromatic heterocycles. The molecule has 9 heteroatoms. The van der Waals surface area contributed by atoms with Crippen LogP contribution in [-0.4, -0.2) is 55.4 Å². The van der Waals surface area contributed by atoms with Gasteiger partial charge in [0.15, 0.2) is 6.23 Å². The number of nitrogens with one attached hydrogen (secondary N) is 1. The van der Waals surface area contributed by atoms with Crippen molar-refractivity contribution >= 4 is 40.2 Å². The third-order valence-electron chi connectivity index (χ3n) is 4.66. The number of halogens is 1. The number of morpholine rings is 1. The van der Waals surface area contributed by atoms with Gasteiger partial charge in [-0.3, -0.25) is 4.79 Å². The van der Waals surface area contributed by atoms with E-state index >= 15 is 0 Å². The summed E-state index contributed by atoms with van der Waals surface area (Å²) < 4.78 is 5.84. The quantitative estimate of drug-likeness (QED) is 0.774. The molecule has 2 atom stereocenters. The van der Waals surface area contributed by atoms with Gasteiger partial charge in [0.05, 0.1) is 34.7 Å². The van der Waals surface area contributed by atoms with E-state index in [1.54, 1.807) is 12.1 Å². The molecular weight excluding hydrogens is 402 g/mol. The number of benzene rings is 1. The zero-order chi connectivity index (χ0) is 19.5. The summed E-state index contributed by atoms with van der Waals surface area (Å²) in [5.74, 6) is -0.164. The predicted octanol–water partition coefficient (Wildman–Crippen LogP) is 2.48. The summed E-state index contributed by atoms with van der Waals surface area (Å²) in [7, 11) is 0. The number of hydrogen-bond donors (Lipinski definition) is 2. The first-order valence-electron chi connectivity index (χ1n) is 8.99. The van der Waals surface area contributed by atoms with Crippen LogP contribution in [0.2, 0.25) is 4.34 Å². The van der Waals surface area contributed by atoms with Crippen molar-refractivity contribution in [1.82, 2.24) is 5.32 Å². The summed E-state index contributed by atoms with van der Waals surface area (Å²) in [6.45, 7) is 1.94. The fourth-order valence-electron chi connectivity index (χ4n) is 3.18. The van der Waals surface area contributed by atoms with Crippen LogP contribution in [0.1, 0.15) is 21.7 Å². The Morgan fingerprint density at radius 1 is 1.32 bits per heavy atom. The van der Waals surface area contributed by atoms with E-state index in [0.29, 0.717) is 41.9 Å². The van der Waals surface area contributed by atoms with Crippen molar-refractivity contribution in [3.63, 3.8) is 0 Å². The number of amides is 1. The maximum Gasteiger partial charge on any atom is 0.261 e. The van der Waals surface area contributed by atoms with Crippen LogP contribution >= 0.6 is 22.9 Å². The van der Waals surface area contributed by atoms with E-state index in [4.69, 9.17) is 21.2 Å². The Morgan fingerprint density at radius 2 is 2.14 bits per heavy atom. The molecule has 0 aliphatic carbocycles. The van der Waals surface area contributed by atoms with Gasteiger partial charge in [-0.15, -0.1) is 11.3 Å². The maximum absolute atomic E-state index is 12.1. The molecule has 3 heterocycles. The number of hydrogen-bond acceptors (Lipinski definition) is 7. The Labute approximate surface area is 171 Å². The minimum atomic E-state index is -0.627. The maximum atomic E-state index is 12.1. The van der Waals surface area contributed by atoms with Crippen molar-refractivity contribution < 1.29 is 19.5 Å². The lowest BCUT2D eigenvalue weighted by Gasteiger charge is -2.33. The zero-order valence-electron chi connectivity index (χ0n) is 15.0. The van der Waals surface area contributed by atoms with Crippen molar-refractivity contribution in [2.24, 2.45) is 5.16 Å². The van der Waals surface area contributed by atoms with Crippen molar-refractivity contribution in [1.29, 1.82) is 0 Å². The number of carbonyl (C=O) groups is 1. The standard InChI is InChI=1S/C19H20ClN3O4S/c20-17-6-5-16(28-17)19(25)21-10-14-9-15(22-27-14)12-1-3-13(4-2-12)23-7-8-26-11-18(23)24/h1-6,14,18,24H,7-11H2,(H,21,25). The first-order chi connectivity index (χ1) is 13.6. The smallest absolute Gasteiger partial charge is 0.261 e. The molecule has 2 unspecified atom stereocenters. The monoisotopic (exact) mass is 421 g/mol. The molecule has 1 aromatic carbocycles. The number of oxime groups is 1. The second-order valence-electron chi connectivity index (χ2n) is 6.58. The molecule has 1 amide bonds. The molecule has 1 saturated heterocycles. The van der Waals surface area contributed by atoms with Gasteiger partial charge in [0, 0.05) is 18.7 Å². The summed E-state index contributed by atoms with van der Waals surface area (Å²) in [5.41, 5.74) is 2.75. The van der Waals surface area contributed by atoms with Gasteiger partial charge in [-0.1, -0.05) is 28.9 Å². The van der Waals surface area contributed by atoms with Crippen LogP contribution < -0.4 is 10.2 Å². The third-order valence-corrected chi connectivity index (χ3v) is 5.89. The molecule has 4 rings (SSSR count). The van der Waals surface area contributed by atoms with Crippen LogP contribution in [0.3, 0.4) is 0 Å². The van der Waals surface area contributed by atoms with Gasteiger partial charge in [0.25, 0.3) is 5.91 Å². The highest BCUT2D eigenvalue weighted by Crippen LogP contribution is 2.23. The van der Waals surface area contributed by atoms with Crippen LogP contribution in [0.5, 0.6) is 0 Å². The fraction of sp³-hybridized carbons (Fsp3) is 0.368. The Balaban J connectivity index is 1.30. The molecule has 2 N–H and O–H groups in total. The Kier molecular flexibility index (Phi) is 5.82. The second-order valence-corrected chi connectivity index (χ2v) is 8.29. The van der Waals surface area contributed by atoms with E-state index in [9.17, 15) is 9.90 Å². The molecule has 28 heavy (non-hydrogen) atoms. The number of anilines is 1. The highest BCUT2D eigenvalue weighted by Gasteiger charge is 2.24. The van der Waals surface area contributed by atoms with Crippen molar-refractivity contribution in [2.45, 2.75) is 18.8 Å². The zero-order valence-corrected chi connectivity index (χ0v) is 16.6. The van der Waals surface area contributed by atoms with E-state index in [1.165, 1.54) is 11.3 Å². The topological polar surface area (TPSA) is 83.4 Å². The third kappa shape index (κ3) is 4.30. The number of aliphatic hydroxyl groups is 1. The lowest BCUT2D eigenvalue weighted by molar-refractivity contribution is 0.00633. The summed E-state index contributed by atoms with van der Waals surface area (Å²) in [6.07, 6.45) is -0.210. The molecule has 0 spiro atoms. The number of aliphatic hydroxyl groups excluding tert-OH is 1. The van der Waals surface area contributed by atoms with E-state index in [1.807, 2.05) is 29.2 Å². The molecular formula is C19H20ClN3O4S. The summed E-state index contributed by atoms with van der Waals surface area (Å²) in [6, 6.07) is 11.3. The van der Waals surface area contributed by atoms with E-state index in [0.717, 1.165) is 17.0 Å². The van der Waals surface area contributed by atoms with Crippen LogP contribution in [0.25, 0.3) is 0 Å². The summed E-state index contributed by atoms with van der Waals surface area (Å²) in [5, 5.41) is 17.1. The Morgan fingerprint density at radius 3 is 2.86 bits per heavy atom. The van der Waals surface area contributed by atoms with E-state index in [-0.39, 0.29) is 12.0 Å². The molecule has 0 bridgehead atoms. The van der Waals surface area contributed by atoms with Gasteiger partial charge >= 0.3 is 0 Å². The van der Waals surface area contributed by atoms with Gasteiger partial charge in [-0.25, -0.2) is 0 Å². The Bertz CT molecular complexity index is 870. The average molecular weight is 422 g/mol. The fourth-order valence-corrected chi connectivity index (χ4v) is 4.13. The SMILES string of the molecule is O=C(NCC1CC(c2ccc(N3CCOCC3O)cc2)=NO1)c1ccc(Cl)s1. The van der Waals surface area contributed by atoms with E-state index < -0.39 is 6.23 Å². The molecule has 1 fully saturated rings. The molecule has 0 radical (unpaired) electrons. The molecule has 7 nitrogen and oxygen atoms in total. The molecule has 0 saturated carbocycles. The predicted molar refractivity (Wildman–Crippen MR) is 108 cm³/mol. The second kappa shape index (κ2) is 8.48. The molecule has 2 aliphatic heterocycles. The molecule has 2 aromatic rings. The van der Waals surface area contributed by atoms with Crippen LogP contribution in [0.15, 0.2) is 41.6 Å². The first-order valence-corrected chi connectivity index (χ1v) is 10.2. The number of ether oxygens (including phenoxy) is 1. The number of carbonyl (C=O) groups excluding carboxylic acids is 1. The van der Waals surface area contributed by atoms with Gasteiger partial charge in [0.2, 0.25) is 0 Å². The minimum Gasteiger partial charge on any atom is -0.390 e. The van der Waals surface area contributed by atoms with Gasteiger partial charge in [-0.2, -0.15) is 0 Å². The summed E-state index contributed by atoms with van der Waals surface area (Å²) in [4.78, 5) is 20.0. The van der Waals surface area contributed by atoms with Crippen LogP contribution in [-0.2, 0) is 9.57 Å². The average Bonchev–Trinajstić information content (AvgIpc) is 3.36. The minimum absolute atomic E-state index is 0.164. The lowest BCUT2D eigenvalue weighted by atomic mass is 10.0.